The fourth-order valence-corrected chi connectivity index (χ4v) is 4.36. The minimum Gasteiger partial charge on any atom is -0.325 e. The van der Waals surface area contributed by atoms with Gasteiger partial charge in [0.1, 0.15) is 5.82 Å². The smallest absolute Gasteiger partial charge is 0.271 e. The number of halogens is 2. The van der Waals surface area contributed by atoms with Crippen LogP contribution in [0.15, 0.2) is 77.7 Å². The van der Waals surface area contributed by atoms with E-state index in [1.807, 2.05) is 0 Å². The number of nitrogens with zero attached hydrogens (tertiary/aromatic N) is 2. The van der Waals surface area contributed by atoms with Crippen LogP contribution < -0.4 is 5.32 Å². The van der Waals surface area contributed by atoms with E-state index in [0.717, 1.165) is 10.4 Å². The molecule has 0 unspecified atom stereocenters. The summed E-state index contributed by atoms with van der Waals surface area (Å²) in [5, 5.41) is 13.7. The number of nitro groups is 1. The maximum absolute atomic E-state index is 14.2. The summed E-state index contributed by atoms with van der Waals surface area (Å²) >= 11 is 5.83. The van der Waals surface area contributed by atoms with Crippen LogP contribution in [0.4, 0.5) is 15.8 Å². The van der Waals surface area contributed by atoms with Crippen molar-refractivity contribution in [1.29, 1.82) is 0 Å². The summed E-state index contributed by atoms with van der Waals surface area (Å²) in [6.07, 6.45) is 0. The number of non-ortho nitro benzene ring substituents is 1. The first-order valence-electron chi connectivity index (χ1n) is 9.20. The van der Waals surface area contributed by atoms with E-state index in [1.54, 1.807) is 6.07 Å². The van der Waals surface area contributed by atoms with Gasteiger partial charge in [-0.1, -0.05) is 35.9 Å². The highest BCUT2D eigenvalue weighted by Gasteiger charge is 2.28. The van der Waals surface area contributed by atoms with Crippen LogP contribution in [-0.2, 0) is 21.4 Å². The molecule has 3 rings (SSSR count). The van der Waals surface area contributed by atoms with Crippen LogP contribution in [0.5, 0.6) is 0 Å². The second kappa shape index (κ2) is 9.86. The highest BCUT2D eigenvalue weighted by atomic mass is 35.5. The normalized spacial score (nSPS) is 11.3. The number of anilines is 1. The Morgan fingerprint density at radius 3 is 2.41 bits per heavy atom. The second-order valence-electron chi connectivity index (χ2n) is 6.67. The van der Waals surface area contributed by atoms with Gasteiger partial charge in [0, 0.05) is 35.0 Å². The topological polar surface area (TPSA) is 110 Å². The Hall–Kier alpha value is -3.34. The van der Waals surface area contributed by atoms with Crippen molar-refractivity contribution >= 4 is 38.9 Å². The van der Waals surface area contributed by atoms with Gasteiger partial charge in [-0.3, -0.25) is 14.9 Å². The third kappa shape index (κ3) is 5.67. The first-order chi connectivity index (χ1) is 15.2. The minimum atomic E-state index is -4.20. The van der Waals surface area contributed by atoms with Gasteiger partial charge in [0.25, 0.3) is 5.69 Å². The lowest BCUT2D eigenvalue weighted by atomic mass is 10.2. The summed E-state index contributed by atoms with van der Waals surface area (Å²) < 4.78 is 41.4. The number of nitro benzene ring substituents is 1. The van der Waals surface area contributed by atoms with Gasteiger partial charge >= 0.3 is 0 Å². The van der Waals surface area contributed by atoms with Crippen LogP contribution in [0.1, 0.15) is 5.56 Å². The van der Waals surface area contributed by atoms with Gasteiger partial charge in [-0.25, -0.2) is 12.8 Å². The summed E-state index contributed by atoms with van der Waals surface area (Å²) in [5.41, 5.74) is -0.0353. The van der Waals surface area contributed by atoms with Crippen molar-refractivity contribution in [3.63, 3.8) is 0 Å². The SMILES string of the molecule is O=C(CN(Cc1ccccc1F)S(=O)(=O)c1ccc(Cl)cc1)Nc1cccc([N+](=O)[O-])c1. The Bertz CT molecular complexity index is 1250. The van der Waals surface area contributed by atoms with E-state index in [-0.39, 0.29) is 21.8 Å². The van der Waals surface area contributed by atoms with Gasteiger partial charge in [-0.05, 0) is 36.4 Å². The largest absolute Gasteiger partial charge is 0.325 e. The lowest BCUT2D eigenvalue weighted by Gasteiger charge is -2.22. The lowest BCUT2D eigenvalue weighted by Crippen LogP contribution is -2.37. The molecule has 3 aromatic rings. The molecule has 32 heavy (non-hydrogen) atoms. The van der Waals surface area contributed by atoms with Gasteiger partial charge in [0.2, 0.25) is 15.9 Å². The molecular formula is C21H17ClFN3O5S. The zero-order chi connectivity index (χ0) is 23.3. The Balaban J connectivity index is 1.89. The van der Waals surface area contributed by atoms with Crippen LogP contribution in [-0.4, -0.2) is 30.1 Å². The molecule has 11 heteroatoms. The van der Waals surface area contributed by atoms with E-state index in [0.29, 0.717) is 5.02 Å². The Labute approximate surface area is 188 Å². The molecule has 1 N–H and O–H groups in total. The van der Waals surface area contributed by atoms with E-state index in [2.05, 4.69) is 5.32 Å². The molecule has 166 valence electrons. The van der Waals surface area contributed by atoms with E-state index in [1.165, 1.54) is 60.7 Å². The van der Waals surface area contributed by atoms with Crippen molar-refractivity contribution in [1.82, 2.24) is 4.31 Å². The summed E-state index contributed by atoms with van der Waals surface area (Å²) in [5.74, 6) is -1.37. The predicted octanol–water partition coefficient (Wildman–Crippen LogP) is 4.22. The average Bonchev–Trinajstić information content (AvgIpc) is 2.75. The van der Waals surface area contributed by atoms with Gasteiger partial charge in [-0.15, -0.1) is 0 Å². The monoisotopic (exact) mass is 477 g/mol. The van der Waals surface area contributed by atoms with Crippen molar-refractivity contribution in [2.24, 2.45) is 0 Å². The molecule has 0 heterocycles. The molecule has 0 aromatic heterocycles. The minimum absolute atomic E-state index is 0.0770. The summed E-state index contributed by atoms with van der Waals surface area (Å²) in [6, 6.07) is 16.2. The molecule has 0 spiro atoms. The van der Waals surface area contributed by atoms with Crippen molar-refractivity contribution < 1.29 is 22.5 Å². The number of rotatable bonds is 8. The van der Waals surface area contributed by atoms with E-state index >= 15 is 0 Å². The highest BCUT2D eigenvalue weighted by molar-refractivity contribution is 7.89. The molecule has 3 aromatic carbocycles. The summed E-state index contributed by atoms with van der Waals surface area (Å²) in [7, 11) is -4.20. The average molecular weight is 478 g/mol. The molecule has 0 aliphatic carbocycles. The van der Waals surface area contributed by atoms with E-state index < -0.39 is 39.8 Å². The van der Waals surface area contributed by atoms with Crippen molar-refractivity contribution in [3.8, 4) is 0 Å². The number of nitrogens with one attached hydrogen (secondary N) is 1. The molecule has 0 aliphatic rings. The van der Waals surface area contributed by atoms with E-state index in [9.17, 15) is 27.7 Å². The number of carbonyl (C=O) groups excluding carboxylic acids is 1. The number of hydrogen-bond acceptors (Lipinski definition) is 5. The van der Waals surface area contributed by atoms with Crippen molar-refractivity contribution in [3.05, 3.63) is 99.3 Å². The Morgan fingerprint density at radius 1 is 1.06 bits per heavy atom. The number of hydrogen-bond donors (Lipinski definition) is 1. The summed E-state index contributed by atoms with van der Waals surface area (Å²) in [6.45, 7) is -1.05. The van der Waals surface area contributed by atoms with Gasteiger partial charge < -0.3 is 5.32 Å². The zero-order valence-electron chi connectivity index (χ0n) is 16.4. The number of benzene rings is 3. The van der Waals surface area contributed by atoms with Crippen molar-refractivity contribution in [2.45, 2.75) is 11.4 Å². The number of sulfonamides is 1. The maximum atomic E-state index is 14.2. The molecule has 1 amide bonds. The molecule has 0 saturated carbocycles. The van der Waals surface area contributed by atoms with Crippen LogP contribution in [0.25, 0.3) is 0 Å². The first-order valence-corrected chi connectivity index (χ1v) is 11.0. The first kappa shape index (κ1) is 23.3. The van der Waals surface area contributed by atoms with Crippen LogP contribution in [0.2, 0.25) is 5.02 Å². The third-order valence-electron chi connectivity index (χ3n) is 4.42. The maximum Gasteiger partial charge on any atom is 0.271 e. The molecule has 0 atom stereocenters. The fourth-order valence-electron chi connectivity index (χ4n) is 2.86. The van der Waals surface area contributed by atoms with Crippen LogP contribution >= 0.6 is 11.6 Å². The third-order valence-corrected chi connectivity index (χ3v) is 6.47. The number of carbonyl (C=O) groups is 1. The summed E-state index contributed by atoms with van der Waals surface area (Å²) in [4.78, 5) is 22.8. The highest BCUT2D eigenvalue weighted by Crippen LogP contribution is 2.22. The van der Waals surface area contributed by atoms with Crippen LogP contribution in [0.3, 0.4) is 0 Å². The standard InChI is InChI=1S/C21H17ClFN3O5S/c22-16-8-10-19(11-9-16)32(30,31)25(13-15-4-1-2-7-20(15)23)14-21(27)24-17-5-3-6-18(12-17)26(28)29/h1-12H,13-14H2,(H,24,27). The van der Waals surface area contributed by atoms with Gasteiger partial charge in [-0.2, -0.15) is 4.31 Å². The molecule has 0 saturated heterocycles. The molecular weight excluding hydrogens is 461 g/mol. The Morgan fingerprint density at radius 2 is 1.75 bits per heavy atom. The predicted molar refractivity (Wildman–Crippen MR) is 117 cm³/mol. The molecule has 8 nitrogen and oxygen atoms in total. The lowest BCUT2D eigenvalue weighted by molar-refractivity contribution is -0.384. The van der Waals surface area contributed by atoms with Gasteiger partial charge in [0.05, 0.1) is 16.4 Å². The number of amides is 1. The van der Waals surface area contributed by atoms with Crippen molar-refractivity contribution in [2.75, 3.05) is 11.9 Å². The quantitative estimate of drug-likeness (QED) is 0.386. The van der Waals surface area contributed by atoms with E-state index in [4.69, 9.17) is 11.6 Å². The molecule has 0 aliphatic heterocycles. The van der Waals surface area contributed by atoms with Crippen LogP contribution in [0, 0.1) is 15.9 Å². The second-order valence-corrected chi connectivity index (χ2v) is 9.05. The molecule has 0 fully saturated rings. The zero-order valence-corrected chi connectivity index (χ0v) is 18.0. The Kier molecular flexibility index (Phi) is 7.18. The van der Waals surface area contributed by atoms with Gasteiger partial charge in [0.15, 0.2) is 0 Å². The fraction of sp³-hybridized carbons (Fsp3) is 0.0952. The molecule has 0 bridgehead atoms. The molecule has 0 radical (unpaired) electrons.